The molecule has 0 unspecified atom stereocenters. The van der Waals surface area contributed by atoms with Gasteiger partial charge in [-0.3, -0.25) is 0 Å². The second kappa shape index (κ2) is 7.00. The molecule has 18 heavy (non-hydrogen) atoms. The first-order chi connectivity index (χ1) is 8.69. The Kier molecular flexibility index (Phi) is 5.30. The molecule has 0 heterocycles. The van der Waals surface area contributed by atoms with Gasteiger partial charge in [0.1, 0.15) is 0 Å². The number of ether oxygens (including phenoxy) is 1. The summed E-state index contributed by atoms with van der Waals surface area (Å²) in [6, 6.07) is 5.35. The lowest BCUT2D eigenvalue weighted by atomic mass is 10.0. The Bertz CT molecular complexity index is 549. The number of nitrogens with zero attached hydrogens (tertiary/aromatic N) is 3. The summed E-state index contributed by atoms with van der Waals surface area (Å²) < 4.78 is 4.69. The third-order valence-electron chi connectivity index (χ3n) is 2.20. The van der Waals surface area contributed by atoms with Crippen molar-refractivity contribution in [3.05, 3.63) is 45.3 Å². The van der Waals surface area contributed by atoms with Crippen molar-refractivity contribution < 1.29 is 9.53 Å². The number of carbonyl (C=O) groups is 1. The SMILES string of the molecule is COC(=O)c1ccc(C)cc1C#CCCN=[N+]=[N-]. The molecule has 0 atom stereocenters. The predicted octanol–water partition coefficient (Wildman–Crippen LogP) is 2.83. The molecule has 0 aliphatic carbocycles. The zero-order valence-electron chi connectivity index (χ0n) is 10.3. The highest BCUT2D eigenvalue weighted by atomic mass is 16.5. The van der Waals surface area contributed by atoms with Gasteiger partial charge < -0.3 is 4.74 Å². The van der Waals surface area contributed by atoms with Crippen LogP contribution < -0.4 is 0 Å². The van der Waals surface area contributed by atoms with E-state index >= 15 is 0 Å². The van der Waals surface area contributed by atoms with Crippen LogP contribution in [0.4, 0.5) is 0 Å². The van der Waals surface area contributed by atoms with E-state index in [-0.39, 0.29) is 0 Å². The number of methoxy groups -OCH3 is 1. The quantitative estimate of drug-likeness (QED) is 0.204. The first-order valence-corrected chi connectivity index (χ1v) is 5.37. The summed E-state index contributed by atoms with van der Waals surface area (Å²) in [5, 5.41) is 3.38. The molecule has 1 aromatic carbocycles. The Balaban J connectivity index is 2.95. The van der Waals surface area contributed by atoms with E-state index in [1.165, 1.54) is 7.11 Å². The monoisotopic (exact) mass is 243 g/mol. The van der Waals surface area contributed by atoms with Gasteiger partial charge in [-0.2, -0.15) is 0 Å². The van der Waals surface area contributed by atoms with Crippen LogP contribution in [-0.4, -0.2) is 19.6 Å². The van der Waals surface area contributed by atoms with Gasteiger partial charge >= 0.3 is 5.97 Å². The zero-order chi connectivity index (χ0) is 13.4. The average molecular weight is 243 g/mol. The van der Waals surface area contributed by atoms with Crippen molar-refractivity contribution in [3.8, 4) is 11.8 Å². The molecule has 5 nitrogen and oxygen atoms in total. The van der Waals surface area contributed by atoms with Crippen LogP contribution in [0.3, 0.4) is 0 Å². The molecule has 5 heteroatoms. The second-order valence-corrected chi connectivity index (χ2v) is 3.55. The number of hydrogen-bond acceptors (Lipinski definition) is 3. The van der Waals surface area contributed by atoms with E-state index in [4.69, 9.17) is 5.53 Å². The molecule has 0 aliphatic heterocycles. The highest BCUT2D eigenvalue weighted by Crippen LogP contribution is 2.11. The van der Waals surface area contributed by atoms with Crippen molar-refractivity contribution in [2.24, 2.45) is 5.11 Å². The van der Waals surface area contributed by atoms with Crippen molar-refractivity contribution in [1.82, 2.24) is 0 Å². The summed E-state index contributed by atoms with van der Waals surface area (Å²) in [6.07, 6.45) is 0.457. The fourth-order valence-corrected chi connectivity index (χ4v) is 1.36. The van der Waals surface area contributed by atoms with E-state index in [1.807, 2.05) is 19.1 Å². The topological polar surface area (TPSA) is 75.1 Å². The molecule has 0 fully saturated rings. The Morgan fingerprint density at radius 3 is 3.00 bits per heavy atom. The van der Waals surface area contributed by atoms with Crippen molar-refractivity contribution >= 4 is 5.97 Å². The largest absolute Gasteiger partial charge is 0.465 e. The van der Waals surface area contributed by atoms with E-state index in [1.54, 1.807) is 6.07 Å². The van der Waals surface area contributed by atoms with Crippen molar-refractivity contribution in [2.75, 3.05) is 13.7 Å². The molecule has 0 aliphatic rings. The van der Waals surface area contributed by atoms with E-state index in [0.29, 0.717) is 24.1 Å². The lowest BCUT2D eigenvalue weighted by Gasteiger charge is -2.03. The van der Waals surface area contributed by atoms with E-state index in [9.17, 15) is 4.79 Å². The molecule has 0 N–H and O–H groups in total. The van der Waals surface area contributed by atoms with Gasteiger partial charge in [-0.1, -0.05) is 23.0 Å². The van der Waals surface area contributed by atoms with Crippen LogP contribution >= 0.6 is 0 Å². The third kappa shape index (κ3) is 3.85. The Morgan fingerprint density at radius 1 is 1.56 bits per heavy atom. The minimum absolute atomic E-state index is 0.322. The first-order valence-electron chi connectivity index (χ1n) is 5.37. The highest BCUT2D eigenvalue weighted by molar-refractivity contribution is 5.92. The normalized spacial score (nSPS) is 8.78. The maximum absolute atomic E-state index is 11.5. The van der Waals surface area contributed by atoms with Crippen LogP contribution in [0.15, 0.2) is 23.3 Å². The lowest BCUT2D eigenvalue weighted by molar-refractivity contribution is 0.0600. The maximum Gasteiger partial charge on any atom is 0.339 e. The molecule has 0 radical (unpaired) electrons. The molecule has 1 aromatic rings. The van der Waals surface area contributed by atoms with E-state index in [0.717, 1.165) is 5.56 Å². The van der Waals surface area contributed by atoms with Gasteiger partial charge in [0.2, 0.25) is 0 Å². The summed E-state index contributed by atoms with van der Waals surface area (Å²) in [7, 11) is 1.33. The molecule has 0 saturated carbocycles. The standard InChI is InChI=1S/C13H13N3O2/c1-10-6-7-12(13(17)18-2)11(9-10)5-3-4-8-15-16-14/h6-7,9H,4,8H2,1-2H3. The van der Waals surface area contributed by atoms with Crippen LogP contribution in [0.1, 0.15) is 27.9 Å². The van der Waals surface area contributed by atoms with Crippen LogP contribution in [0.25, 0.3) is 10.4 Å². The molecule has 0 bridgehead atoms. The average Bonchev–Trinajstić information content (AvgIpc) is 2.38. The number of carbonyl (C=O) groups excluding carboxylic acids is 1. The molecule has 0 saturated heterocycles. The summed E-state index contributed by atoms with van der Waals surface area (Å²) >= 11 is 0. The highest BCUT2D eigenvalue weighted by Gasteiger charge is 2.09. The lowest BCUT2D eigenvalue weighted by Crippen LogP contribution is -2.04. The van der Waals surface area contributed by atoms with Crippen LogP contribution in [0, 0.1) is 18.8 Å². The van der Waals surface area contributed by atoms with Gasteiger partial charge in [0.25, 0.3) is 0 Å². The molecule has 0 amide bonds. The van der Waals surface area contributed by atoms with Crippen LogP contribution in [0.5, 0.6) is 0 Å². The minimum atomic E-state index is -0.408. The Morgan fingerprint density at radius 2 is 2.33 bits per heavy atom. The van der Waals surface area contributed by atoms with Gasteiger partial charge in [-0.25, -0.2) is 4.79 Å². The molecular weight excluding hydrogens is 230 g/mol. The first kappa shape index (κ1) is 13.6. The van der Waals surface area contributed by atoms with Crippen molar-refractivity contribution in [1.29, 1.82) is 0 Å². The zero-order valence-corrected chi connectivity index (χ0v) is 10.3. The number of aryl methyl sites for hydroxylation is 1. The molecule has 1 rings (SSSR count). The van der Waals surface area contributed by atoms with Gasteiger partial charge in [0.15, 0.2) is 0 Å². The fourth-order valence-electron chi connectivity index (χ4n) is 1.36. The Hall–Kier alpha value is -2.44. The summed E-state index contributed by atoms with van der Waals surface area (Å²) in [5.74, 6) is 5.35. The molecule has 92 valence electrons. The number of rotatable bonds is 3. The second-order valence-electron chi connectivity index (χ2n) is 3.55. The van der Waals surface area contributed by atoms with E-state index < -0.39 is 5.97 Å². The minimum Gasteiger partial charge on any atom is -0.465 e. The Labute approximate surface area is 105 Å². The van der Waals surface area contributed by atoms with Crippen molar-refractivity contribution in [2.45, 2.75) is 13.3 Å². The number of esters is 1. The third-order valence-corrected chi connectivity index (χ3v) is 2.20. The number of hydrogen-bond donors (Lipinski definition) is 0. The van der Waals surface area contributed by atoms with Gasteiger partial charge in [-0.05, 0) is 30.2 Å². The molecule has 0 spiro atoms. The summed E-state index contributed by atoms with van der Waals surface area (Å²) in [6.45, 7) is 2.25. The predicted molar refractivity (Wildman–Crippen MR) is 68.0 cm³/mol. The summed E-state index contributed by atoms with van der Waals surface area (Å²) in [5.41, 5.74) is 10.2. The summed E-state index contributed by atoms with van der Waals surface area (Å²) in [4.78, 5) is 14.2. The van der Waals surface area contributed by atoms with Crippen LogP contribution in [-0.2, 0) is 4.74 Å². The van der Waals surface area contributed by atoms with Gasteiger partial charge in [-0.15, -0.1) is 0 Å². The smallest absolute Gasteiger partial charge is 0.339 e. The van der Waals surface area contributed by atoms with Gasteiger partial charge in [0.05, 0.1) is 12.7 Å². The fraction of sp³-hybridized carbons (Fsp3) is 0.308. The number of benzene rings is 1. The molecular formula is C13H13N3O2. The van der Waals surface area contributed by atoms with Crippen LogP contribution in [0.2, 0.25) is 0 Å². The molecule has 0 aromatic heterocycles. The maximum atomic E-state index is 11.5. The van der Waals surface area contributed by atoms with Crippen molar-refractivity contribution in [3.63, 3.8) is 0 Å². The number of azide groups is 1. The van der Waals surface area contributed by atoms with E-state index in [2.05, 4.69) is 26.6 Å². The van der Waals surface area contributed by atoms with Gasteiger partial charge in [0, 0.05) is 23.4 Å².